The summed E-state index contributed by atoms with van der Waals surface area (Å²) in [6.45, 7) is 6.74. The fourth-order valence-electron chi connectivity index (χ4n) is 3.24. The number of fused-ring (bicyclic) bond motifs is 1. The van der Waals surface area contributed by atoms with Crippen molar-refractivity contribution in [2.24, 2.45) is 0 Å². The molecule has 0 saturated carbocycles. The van der Waals surface area contributed by atoms with Crippen LogP contribution in [0.25, 0.3) is 10.8 Å². The normalized spacial score (nSPS) is 18.0. The Bertz CT molecular complexity index is 931. The van der Waals surface area contributed by atoms with Gasteiger partial charge in [0.15, 0.2) is 0 Å². The Hall–Kier alpha value is -0.790. The lowest BCUT2D eigenvalue weighted by atomic mass is 10.0. The van der Waals surface area contributed by atoms with E-state index in [4.69, 9.17) is 4.74 Å². The first-order chi connectivity index (χ1) is 13.3. The summed E-state index contributed by atoms with van der Waals surface area (Å²) < 4.78 is 9.51. The molecule has 152 valence electrons. The largest absolute Gasteiger partial charge is 0.378 e. The highest BCUT2D eigenvalue weighted by atomic mass is 127. The Morgan fingerprint density at radius 3 is 2.82 bits per heavy atom. The summed E-state index contributed by atoms with van der Waals surface area (Å²) >= 11 is 4.25. The van der Waals surface area contributed by atoms with Crippen molar-refractivity contribution in [2.75, 3.05) is 33.4 Å². The Balaban J connectivity index is 1.85. The molecule has 1 saturated heterocycles. The second-order valence-corrected chi connectivity index (χ2v) is 9.75. The number of rotatable bonds is 5. The van der Waals surface area contributed by atoms with Crippen molar-refractivity contribution < 1.29 is 9.53 Å². The predicted octanol–water partition coefficient (Wildman–Crippen LogP) is 2.63. The number of carbonyl (C=O) groups excluding carboxylic acids is 1. The summed E-state index contributed by atoms with van der Waals surface area (Å²) in [5, 5.41) is 6.01. The van der Waals surface area contributed by atoms with Crippen LogP contribution in [0.2, 0.25) is 0 Å². The highest BCUT2D eigenvalue weighted by molar-refractivity contribution is 14.1. The van der Waals surface area contributed by atoms with Crippen LogP contribution < -0.4 is 5.56 Å². The van der Waals surface area contributed by atoms with Crippen LogP contribution in [0.4, 0.5) is 0 Å². The number of morpholine rings is 1. The van der Waals surface area contributed by atoms with E-state index in [0.717, 1.165) is 27.8 Å². The SMILES string of the molecule is CC(C)c1nn(CC(=O)N(I)CC2COCCN2C)c(=O)c2ccc(I)cc12. The molecule has 1 fully saturated rings. The van der Waals surface area contributed by atoms with Gasteiger partial charge in [0.05, 0.1) is 53.2 Å². The van der Waals surface area contributed by atoms with E-state index in [9.17, 15) is 9.59 Å². The number of halogens is 2. The van der Waals surface area contributed by atoms with Gasteiger partial charge in [-0.05, 0) is 53.8 Å². The quantitative estimate of drug-likeness (QED) is 0.385. The van der Waals surface area contributed by atoms with Crippen LogP contribution in [0.1, 0.15) is 25.5 Å². The number of nitrogens with zero attached hydrogens (tertiary/aromatic N) is 4. The minimum absolute atomic E-state index is 0.0687. The number of ether oxygens (including phenoxy) is 1. The number of carbonyl (C=O) groups is 1. The molecule has 28 heavy (non-hydrogen) atoms. The molecule has 0 radical (unpaired) electrons. The molecule has 1 atom stereocenters. The average Bonchev–Trinajstić information content (AvgIpc) is 2.65. The van der Waals surface area contributed by atoms with Gasteiger partial charge >= 0.3 is 0 Å². The third-order valence-corrected chi connectivity index (χ3v) is 6.55. The Kier molecular flexibility index (Phi) is 7.32. The summed E-state index contributed by atoms with van der Waals surface area (Å²) in [5.74, 6) is 0.000125. The van der Waals surface area contributed by atoms with Crippen LogP contribution in [-0.2, 0) is 16.1 Å². The smallest absolute Gasteiger partial charge is 0.275 e. The molecule has 0 spiro atoms. The topological polar surface area (TPSA) is 67.7 Å². The van der Waals surface area contributed by atoms with Crippen molar-refractivity contribution in [1.29, 1.82) is 0 Å². The molecule has 0 aliphatic carbocycles. The van der Waals surface area contributed by atoms with Gasteiger partial charge in [0.25, 0.3) is 11.5 Å². The minimum Gasteiger partial charge on any atom is -0.378 e. The van der Waals surface area contributed by atoms with E-state index in [0.29, 0.717) is 18.5 Å². The maximum absolute atomic E-state index is 12.9. The zero-order chi connectivity index (χ0) is 20.4. The molecule has 1 aromatic carbocycles. The Labute approximate surface area is 192 Å². The molecule has 2 aromatic rings. The van der Waals surface area contributed by atoms with Crippen LogP contribution in [0.5, 0.6) is 0 Å². The Morgan fingerprint density at radius 2 is 2.14 bits per heavy atom. The lowest BCUT2D eigenvalue weighted by Gasteiger charge is -2.34. The number of hydrogen-bond donors (Lipinski definition) is 0. The van der Waals surface area contributed by atoms with Crippen molar-refractivity contribution in [3.63, 3.8) is 0 Å². The van der Waals surface area contributed by atoms with Gasteiger partial charge in [-0.1, -0.05) is 13.8 Å². The van der Waals surface area contributed by atoms with E-state index in [1.54, 1.807) is 3.11 Å². The fourth-order valence-corrected chi connectivity index (χ4v) is 4.34. The van der Waals surface area contributed by atoms with Gasteiger partial charge in [0.2, 0.25) is 0 Å². The summed E-state index contributed by atoms with van der Waals surface area (Å²) in [6.07, 6.45) is 0. The fraction of sp³-hybridized carbons (Fsp3) is 0.526. The minimum atomic E-state index is -0.230. The zero-order valence-corrected chi connectivity index (χ0v) is 20.5. The average molecular weight is 610 g/mol. The van der Waals surface area contributed by atoms with Crippen molar-refractivity contribution in [1.82, 2.24) is 17.8 Å². The first-order valence-corrected chi connectivity index (χ1v) is 11.3. The van der Waals surface area contributed by atoms with Crippen LogP contribution in [0.15, 0.2) is 23.0 Å². The highest BCUT2D eigenvalue weighted by Gasteiger charge is 2.24. The molecule has 7 nitrogen and oxygen atoms in total. The molecule has 0 bridgehead atoms. The van der Waals surface area contributed by atoms with Gasteiger partial charge in [-0.15, -0.1) is 0 Å². The van der Waals surface area contributed by atoms with E-state index in [2.05, 4.69) is 32.6 Å². The Morgan fingerprint density at radius 1 is 1.39 bits per heavy atom. The van der Waals surface area contributed by atoms with Gasteiger partial charge in [-0.2, -0.15) is 5.10 Å². The summed E-state index contributed by atoms with van der Waals surface area (Å²) in [7, 11) is 2.04. The van der Waals surface area contributed by atoms with Gasteiger partial charge in [-0.3, -0.25) is 17.6 Å². The van der Waals surface area contributed by atoms with Crippen LogP contribution >= 0.6 is 45.5 Å². The molecule has 1 unspecified atom stereocenters. The van der Waals surface area contributed by atoms with Crippen molar-refractivity contribution in [3.8, 4) is 0 Å². The number of hydrogen-bond acceptors (Lipinski definition) is 5. The van der Waals surface area contributed by atoms with Gasteiger partial charge in [0, 0.05) is 22.0 Å². The van der Waals surface area contributed by atoms with Gasteiger partial charge in [0.1, 0.15) is 6.54 Å². The summed E-state index contributed by atoms with van der Waals surface area (Å²) in [6, 6.07) is 5.87. The van der Waals surface area contributed by atoms with Crippen molar-refractivity contribution >= 4 is 62.1 Å². The maximum atomic E-state index is 12.9. The summed E-state index contributed by atoms with van der Waals surface area (Å²) in [5.41, 5.74) is 0.605. The molecule has 1 aromatic heterocycles. The van der Waals surface area contributed by atoms with Gasteiger partial charge in [-0.25, -0.2) is 4.68 Å². The van der Waals surface area contributed by atoms with Crippen LogP contribution in [0, 0.1) is 3.57 Å². The molecule has 2 heterocycles. The molecule has 1 aliphatic heterocycles. The third-order valence-electron chi connectivity index (χ3n) is 4.95. The van der Waals surface area contributed by atoms with E-state index < -0.39 is 0 Å². The lowest BCUT2D eigenvalue weighted by molar-refractivity contribution is -0.127. The first kappa shape index (κ1) is 21.9. The third kappa shape index (κ3) is 4.85. The molecule has 9 heteroatoms. The number of likely N-dealkylation sites (N-methyl/N-ethyl adjacent to an activating group) is 1. The molecule has 0 N–H and O–H groups in total. The molecule has 1 aliphatic rings. The van der Waals surface area contributed by atoms with Gasteiger partial charge < -0.3 is 4.74 Å². The highest BCUT2D eigenvalue weighted by Crippen LogP contribution is 2.23. The molecule has 3 rings (SSSR count). The van der Waals surface area contributed by atoms with Crippen LogP contribution in [0.3, 0.4) is 0 Å². The predicted molar refractivity (Wildman–Crippen MR) is 126 cm³/mol. The summed E-state index contributed by atoms with van der Waals surface area (Å²) in [4.78, 5) is 27.9. The van der Waals surface area contributed by atoms with Crippen LogP contribution in [-0.4, -0.2) is 63.1 Å². The second-order valence-electron chi connectivity index (χ2n) is 7.34. The number of aromatic nitrogens is 2. The maximum Gasteiger partial charge on any atom is 0.275 e. The van der Waals surface area contributed by atoms with E-state index in [1.807, 2.05) is 62.0 Å². The van der Waals surface area contributed by atoms with E-state index >= 15 is 0 Å². The molecular weight excluding hydrogens is 586 g/mol. The molecule has 1 amide bonds. The second kappa shape index (κ2) is 9.35. The molecular formula is C19H24I2N4O3. The zero-order valence-electron chi connectivity index (χ0n) is 16.2. The lowest BCUT2D eigenvalue weighted by Crippen LogP contribution is -2.49. The number of amides is 1. The standard InChI is InChI=1S/C19H24I2N4O3/c1-12(2)18-16-8-13(20)4-5-15(16)19(27)25(22-18)10-17(26)24(21)9-14-11-28-7-6-23(14)3/h4-5,8,12,14H,6-7,9-11H2,1-3H3. The first-order valence-electron chi connectivity index (χ1n) is 9.22. The monoisotopic (exact) mass is 610 g/mol. The van der Waals surface area contributed by atoms with Crippen molar-refractivity contribution in [2.45, 2.75) is 32.4 Å². The van der Waals surface area contributed by atoms with E-state index in [-0.39, 0.29) is 30.0 Å². The van der Waals surface area contributed by atoms with E-state index in [1.165, 1.54) is 4.68 Å². The van der Waals surface area contributed by atoms with Crippen molar-refractivity contribution in [3.05, 3.63) is 37.8 Å². The number of benzene rings is 1.